The Bertz CT molecular complexity index is 442. The van der Waals surface area contributed by atoms with Crippen LogP contribution in [0.2, 0.25) is 0 Å². The normalized spacial score (nSPS) is 11.2. The van der Waals surface area contributed by atoms with Gasteiger partial charge in [-0.3, -0.25) is 0 Å². The van der Waals surface area contributed by atoms with Gasteiger partial charge in [0.15, 0.2) is 5.11 Å². The zero-order valence-electron chi connectivity index (χ0n) is 11.8. The first kappa shape index (κ1) is 16.8. The largest absolute Gasteiger partial charge is 0.362 e. The highest BCUT2D eigenvalue weighted by atomic mass is 79.9. The molecule has 2 nitrogen and oxygen atoms in total. The van der Waals surface area contributed by atoms with E-state index in [4.69, 9.17) is 12.2 Å². The molecule has 0 aliphatic carbocycles. The second kappa shape index (κ2) is 7.50. The number of anilines is 1. The zero-order chi connectivity index (χ0) is 14.5. The highest BCUT2D eigenvalue weighted by Crippen LogP contribution is 2.22. The standard InChI is InChI=1S/C14H21BrN2S2/c1-10-9-11(5-6-12(10)15)17-13(18)16-7-8-19-14(2,3)4/h5-6,9H,7-8H2,1-4H3,(H2,16,17,18). The molecule has 2 N–H and O–H groups in total. The second-order valence-electron chi connectivity index (χ2n) is 5.31. The molecule has 0 bridgehead atoms. The maximum absolute atomic E-state index is 5.28. The van der Waals surface area contributed by atoms with Gasteiger partial charge in [-0.05, 0) is 42.9 Å². The van der Waals surface area contributed by atoms with Gasteiger partial charge >= 0.3 is 0 Å². The van der Waals surface area contributed by atoms with E-state index >= 15 is 0 Å². The van der Waals surface area contributed by atoms with Crippen molar-refractivity contribution in [1.82, 2.24) is 5.32 Å². The van der Waals surface area contributed by atoms with Crippen LogP contribution < -0.4 is 10.6 Å². The van der Waals surface area contributed by atoms with Crippen molar-refractivity contribution in [2.45, 2.75) is 32.4 Å². The Kier molecular flexibility index (Phi) is 6.63. The van der Waals surface area contributed by atoms with Gasteiger partial charge in [-0.15, -0.1) is 0 Å². The maximum atomic E-state index is 5.28. The van der Waals surface area contributed by atoms with E-state index in [2.05, 4.69) is 60.3 Å². The highest BCUT2D eigenvalue weighted by Gasteiger charge is 2.09. The molecule has 0 saturated heterocycles. The van der Waals surface area contributed by atoms with Crippen molar-refractivity contribution in [3.05, 3.63) is 28.2 Å². The van der Waals surface area contributed by atoms with Gasteiger partial charge in [-0.2, -0.15) is 11.8 Å². The van der Waals surface area contributed by atoms with E-state index in [1.54, 1.807) is 0 Å². The van der Waals surface area contributed by atoms with Gasteiger partial charge < -0.3 is 10.6 Å². The smallest absolute Gasteiger partial charge is 0.170 e. The zero-order valence-corrected chi connectivity index (χ0v) is 15.1. The number of hydrogen-bond donors (Lipinski definition) is 2. The van der Waals surface area contributed by atoms with Crippen molar-refractivity contribution >= 4 is 50.7 Å². The molecule has 0 atom stereocenters. The van der Waals surface area contributed by atoms with E-state index in [0.29, 0.717) is 9.86 Å². The fourth-order valence-electron chi connectivity index (χ4n) is 1.42. The first-order valence-electron chi connectivity index (χ1n) is 6.23. The average molecular weight is 361 g/mol. The molecule has 19 heavy (non-hydrogen) atoms. The monoisotopic (exact) mass is 360 g/mol. The Morgan fingerprint density at radius 2 is 2.05 bits per heavy atom. The fourth-order valence-corrected chi connectivity index (χ4v) is 2.70. The van der Waals surface area contributed by atoms with Gasteiger partial charge in [0.1, 0.15) is 0 Å². The average Bonchev–Trinajstić information content (AvgIpc) is 2.28. The van der Waals surface area contributed by atoms with Crippen molar-refractivity contribution in [2.75, 3.05) is 17.6 Å². The molecule has 1 aromatic rings. The number of hydrogen-bond acceptors (Lipinski definition) is 2. The van der Waals surface area contributed by atoms with Crippen LogP contribution in [0.3, 0.4) is 0 Å². The third-order valence-corrected chi connectivity index (χ3v) is 4.75. The highest BCUT2D eigenvalue weighted by molar-refractivity contribution is 9.10. The van der Waals surface area contributed by atoms with Crippen LogP contribution in [0, 0.1) is 6.92 Å². The van der Waals surface area contributed by atoms with Crippen LogP contribution in [0.1, 0.15) is 26.3 Å². The van der Waals surface area contributed by atoms with Crippen LogP contribution in [0.5, 0.6) is 0 Å². The van der Waals surface area contributed by atoms with Crippen molar-refractivity contribution in [3.63, 3.8) is 0 Å². The molecule has 0 unspecified atom stereocenters. The van der Waals surface area contributed by atoms with Crippen molar-refractivity contribution < 1.29 is 0 Å². The van der Waals surface area contributed by atoms with E-state index in [9.17, 15) is 0 Å². The molecule has 1 rings (SSSR count). The van der Waals surface area contributed by atoms with Gasteiger partial charge in [0.25, 0.3) is 0 Å². The molecule has 0 aliphatic heterocycles. The van der Waals surface area contributed by atoms with Gasteiger partial charge in [0.2, 0.25) is 0 Å². The molecule has 0 aliphatic rings. The molecule has 0 saturated carbocycles. The lowest BCUT2D eigenvalue weighted by atomic mass is 10.2. The molecule has 0 amide bonds. The Morgan fingerprint density at radius 1 is 1.37 bits per heavy atom. The minimum absolute atomic E-state index is 0.305. The van der Waals surface area contributed by atoms with Crippen molar-refractivity contribution in [1.29, 1.82) is 0 Å². The summed E-state index contributed by atoms with van der Waals surface area (Å²) in [4.78, 5) is 0. The summed E-state index contributed by atoms with van der Waals surface area (Å²) in [6, 6.07) is 6.10. The lowest BCUT2D eigenvalue weighted by Gasteiger charge is -2.18. The third-order valence-electron chi connectivity index (χ3n) is 2.34. The summed E-state index contributed by atoms with van der Waals surface area (Å²) in [5.41, 5.74) is 2.21. The topological polar surface area (TPSA) is 24.1 Å². The summed E-state index contributed by atoms with van der Waals surface area (Å²) in [6.07, 6.45) is 0. The number of halogens is 1. The van der Waals surface area contributed by atoms with E-state index in [0.717, 1.165) is 22.5 Å². The van der Waals surface area contributed by atoms with Gasteiger partial charge in [-0.1, -0.05) is 36.7 Å². The summed E-state index contributed by atoms with van der Waals surface area (Å²) in [7, 11) is 0. The third kappa shape index (κ3) is 7.18. The summed E-state index contributed by atoms with van der Waals surface area (Å²) in [6.45, 7) is 9.60. The second-order valence-corrected chi connectivity index (χ2v) is 8.49. The van der Waals surface area contributed by atoms with Crippen LogP contribution in [-0.4, -0.2) is 22.2 Å². The van der Waals surface area contributed by atoms with Crippen molar-refractivity contribution in [3.8, 4) is 0 Å². The molecular formula is C14H21BrN2S2. The first-order valence-corrected chi connectivity index (χ1v) is 8.41. The quantitative estimate of drug-likeness (QED) is 0.606. The Labute approximate surface area is 134 Å². The molecule has 0 heterocycles. The minimum atomic E-state index is 0.305. The number of rotatable bonds is 4. The van der Waals surface area contributed by atoms with Crippen LogP contribution in [0.4, 0.5) is 5.69 Å². The van der Waals surface area contributed by atoms with Crippen LogP contribution in [-0.2, 0) is 0 Å². The van der Waals surface area contributed by atoms with Gasteiger partial charge in [-0.25, -0.2) is 0 Å². The van der Waals surface area contributed by atoms with Crippen LogP contribution in [0.15, 0.2) is 22.7 Å². The summed E-state index contributed by atoms with van der Waals surface area (Å²) < 4.78 is 1.41. The predicted molar refractivity (Wildman–Crippen MR) is 95.3 cm³/mol. The molecule has 1 aromatic carbocycles. The van der Waals surface area contributed by atoms with E-state index in [1.807, 2.05) is 23.9 Å². The number of thiocarbonyl (C=S) groups is 1. The lowest BCUT2D eigenvalue weighted by molar-refractivity contribution is 0.800. The molecule has 106 valence electrons. The number of benzene rings is 1. The Morgan fingerprint density at radius 3 is 2.63 bits per heavy atom. The first-order chi connectivity index (χ1) is 8.78. The Balaban J connectivity index is 2.33. The summed E-state index contributed by atoms with van der Waals surface area (Å²) >= 11 is 10.7. The minimum Gasteiger partial charge on any atom is -0.362 e. The van der Waals surface area contributed by atoms with E-state index in [-0.39, 0.29) is 0 Å². The SMILES string of the molecule is Cc1cc(NC(=S)NCCSC(C)(C)C)ccc1Br. The molecule has 0 spiro atoms. The van der Waals surface area contributed by atoms with E-state index in [1.165, 1.54) is 5.56 Å². The van der Waals surface area contributed by atoms with E-state index < -0.39 is 0 Å². The molecule has 0 radical (unpaired) electrons. The van der Waals surface area contributed by atoms with Gasteiger partial charge in [0.05, 0.1) is 0 Å². The summed E-state index contributed by atoms with van der Waals surface area (Å²) in [5.74, 6) is 1.05. The van der Waals surface area contributed by atoms with Crippen LogP contribution in [0.25, 0.3) is 0 Å². The van der Waals surface area contributed by atoms with Gasteiger partial charge in [0, 0.05) is 27.2 Å². The summed E-state index contributed by atoms with van der Waals surface area (Å²) in [5, 5.41) is 7.10. The van der Waals surface area contributed by atoms with Crippen molar-refractivity contribution in [2.24, 2.45) is 0 Å². The molecular weight excluding hydrogens is 340 g/mol. The van der Waals surface area contributed by atoms with Crippen LogP contribution >= 0.6 is 39.9 Å². The number of aryl methyl sites for hydroxylation is 1. The lowest BCUT2D eigenvalue weighted by Crippen LogP contribution is -2.31. The molecule has 5 heteroatoms. The number of nitrogens with one attached hydrogen (secondary N) is 2. The maximum Gasteiger partial charge on any atom is 0.170 e. The molecule has 0 aromatic heterocycles. The Hall–Kier alpha value is -0.260. The predicted octanol–water partition coefficient (Wildman–Crippen LogP) is 4.58. The number of thioether (sulfide) groups is 1. The fraction of sp³-hybridized carbons (Fsp3) is 0.500. The molecule has 0 fully saturated rings.